The van der Waals surface area contributed by atoms with E-state index in [2.05, 4.69) is 5.32 Å². The van der Waals surface area contributed by atoms with Gasteiger partial charge < -0.3 is 5.32 Å². The highest BCUT2D eigenvalue weighted by Crippen LogP contribution is 2.17. The lowest BCUT2D eigenvalue weighted by atomic mass is 10.1. The average molecular weight is 231 g/mol. The van der Waals surface area contributed by atoms with Gasteiger partial charge in [-0.1, -0.05) is 12.2 Å². The third-order valence-electron chi connectivity index (χ3n) is 2.15. The van der Waals surface area contributed by atoms with Crippen LogP contribution in [-0.4, -0.2) is 18.5 Å². The predicted octanol–water partition coefficient (Wildman–Crippen LogP) is 2.09. The monoisotopic (exact) mass is 231 g/mol. The van der Waals surface area contributed by atoms with Crippen LogP contribution in [0.15, 0.2) is 24.3 Å². The SMILES string of the molecule is CNCCC=Cc1cc(C#N)cc([N+](=O)[O-])c1. The second kappa shape index (κ2) is 6.40. The molecule has 5 nitrogen and oxygen atoms in total. The summed E-state index contributed by atoms with van der Waals surface area (Å²) in [6, 6.07) is 6.27. The Morgan fingerprint density at radius 1 is 1.53 bits per heavy atom. The van der Waals surface area contributed by atoms with Gasteiger partial charge in [-0.2, -0.15) is 5.26 Å². The Kier molecular flexibility index (Phi) is 4.85. The summed E-state index contributed by atoms with van der Waals surface area (Å²) in [5.41, 5.74) is 0.914. The molecule has 0 aliphatic carbocycles. The topological polar surface area (TPSA) is 79.0 Å². The summed E-state index contributed by atoms with van der Waals surface area (Å²) in [6.07, 6.45) is 4.53. The van der Waals surface area contributed by atoms with Crippen molar-refractivity contribution < 1.29 is 4.92 Å². The van der Waals surface area contributed by atoms with Crippen molar-refractivity contribution in [3.8, 4) is 6.07 Å². The minimum absolute atomic E-state index is 0.0580. The highest BCUT2D eigenvalue weighted by molar-refractivity contribution is 5.57. The molecule has 88 valence electrons. The molecule has 0 aromatic heterocycles. The number of hydrogen-bond acceptors (Lipinski definition) is 4. The number of nitrogens with one attached hydrogen (secondary N) is 1. The predicted molar refractivity (Wildman–Crippen MR) is 65.4 cm³/mol. The average Bonchev–Trinajstić information content (AvgIpc) is 2.34. The van der Waals surface area contributed by atoms with Crippen LogP contribution in [0.4, 0.5) is 5.69 Å². The summed E-state index contributed by atoms with van der Waals surface area (Å²) in [6.45, 7) is 0.844. The van der Waals surface area contributed by atoms with E-state index in [4.69, 9.17) is 5.26 Å². The van der Waals surface area contributed by atoms with Crippen molar-refractivity contribution in [3.05, 3.63) is 45.5 Å². The van der Waals surface area contributed by atoms with E-state index in [1.54, 1.807) is 12.1 Å². The highest BCUT2D eigenvalue weighted by atomic mass is 16.6. The highest BCUT2D eigenvalue weighted by Gasteiger charge is 2.07. The minimum Gasteiger partial charge on any atom is -0.319 e. The first-order valence-electron chi connectivity index (χ1n) is 5.18. The molecule has 17 heavy (non-hydrogen) atoms. The number of nitriles is 1. The Balaban J connectivity index is 2.92. The van der Waals surface area contributed by atoms with Crippen LogP contribution in [0.2, 0.25) is 0 Å². The van der Waals surface area contributed by atoms with E-state index in [0.29, 0.717) is 11.1 Å². The third-order valence-corrected chi connectivity index (χ3v) is 2.15. The van der Waals surface area contributed by atoms with Crippen LogP contribution in [0.25, 0.3) is 6.08 Å². The number of nitro groups is 1. The van der Waals surface area contributed by atoms with Gasteiger partial charge in [-0.3, -0.25) is 10.1 Å². The van der Waals surface area contributed by atoms with Crippen molar-refractivity contribution in [2.45, 2.75) is 6.42 Å². The molecule has 0 unspecified atom stereocenters. The van der Waals surface area contributed by atoms with E-state index >= 15 is 0 Å². The maximum Gasteiger partial charge on any atom is 0.271 e. The second-order valence-corrected chi connectivity index (χ2v) is 3.48. The summed E-state index contributed by atoms with van der Waals surface area (Å²) in [7, 11) is 1.86. The maximum atomic E-state index is 10.7. The van der Waals surface area contributed by atoms with Crippen LogP contribution in [0.3, 0.4) is 0 Å². The molecular weight excluding hydrogens is 218 g/mol. The fraction of sp³-hybridized carbons (Fsp3) is 0.250. The van der Waals surface area contributed by atoms with Crippen molar-refractivity contribution in [1.82, 2.24) is 5.32 Å². The third kappa shape index (κ3) is 4.05. The number of benzene rings is 1. The molecule has 0 aliphatic rings. The van der Waals surface area contributed by atoms with Gasteiger partial charge in [-0.15, -0.1) is 0 Å². The van der Waals surface area contributed by atoms with Gasteiger partial charge in [0.15, 0.2) is 0 Å². The van der Waals surface area contributed by atoms with Crippen LogP contribution in [0.1, 0.15) is 17.5 Å². The van der Waals surface area contributed by atoms with Gasteiger partial charge in [0.2, 0.25) is 0 Å². The van der Waals surface area contributed by atoms with Gasteiger partial charge in [-0.05, 0) is 31.6 Å². The van der Waals surface area contributed by atoms with E-state index < -0.39 is 4.92 Å². The quantitative estimate of drug-likeness (QED) is 0.478. The molecule has 0 aliphatic heterocycles. The minimum atomic E-state index is -0.494. The fourth-order valence-electron chi connectivity index (χ4n) is 1.35. The molecule has 1 N–H and O–H groups in total. The lowest BCUT2D eigenvalue weighted by molar-refractivity contribution is -0.384. The van der Waals surface area contributed by atoms with Crippen molar-refractivity contribution >= 4 is 11.8 Å². The molecule has 0 radical (unpaired) electrons. The smallest absolute Gasteiger partial charge is 0.271 e. The number of non-ortho nitro benzene ring substituents is 1. The molecule has 1 aromatic carbocycles. The van der Waals surface area contributed by atoms with Crippen LogP contribution in [-0.2, 0) is 0 Å². The second-order valence-electron chi connectivity index (χ2n) is 3.48. The molecule has 0 bridgehead atoms. The van der Waals surface area contributed by atoms with Crippen molar-refractivity contribution in [3.63, 3.8) is 0 Å². The van der Waals surface area contributed by atoms with E-state index in [1.807, 2.05) is 19.2 Å². The molecule has 0 saturated carbocycles. The zero-order valence-corrected chi connectivity index (χ0v) is 9.51. The van der Waals surface area contributed by atoms with Crippen LogP contribution in [0.5, 0.6) is 0 Å². The fourth-order valence-corrected chi connectivity index (χ4v) is 1.35. The van der Waals surface area contributed by atoms with Crippen LogP contribution in [0, 0.1) is 21.4 Å². The molecule has 0 saturated heterocycles. The molecule has 0 fully saturated rings. The van der Waals surface area contributed by atoms with Gasteiger partial charge in [0.25, 0.3) is 5.69 Å². The first kappa shape index (κ1) is 12.9. The lowest BCUT2D eigenvalue weighted by Crippen LogP contribution is -2.05. The maximum absolute atomic E-state index is 10.7. The van der Waals surface area contributed by atoms with Gasteiger partial charge in [0.1, 0.15) is 0 Å². The van der Waals surface area contributed by atoms with E-state index in [1.165, 1.54) is 12.1 Å². The number of rotatable bonds is 5. The van der Waals surface area contributed by atoms with Gasteiger partial charge in [0, 0.05) is 12.1 Å². The first-order valence-corrected chi connectivity index (χ1v) is 5.18. The normalized spacial score (nSPS) is 10.4. The lowest BCUT2D eigenvalue weighted by Gasteiger charge is -1.97. The zero-order chi connectivity index (χ0) is 12.7. The molecule has 0 atom stereocenters. The first-order chi connectivity index (χ1) is 8.17. The molecular formula is C12H13N3O2. The van der Waals surface area contributed by atoms with Gasteiger partial charge >= 0.3 is 0 Å². The summed E-state index contributed by atoms with van der Waals surface area (Å²) in [5.74, 6) is 0. The van der Waals surface area contributed by atoms with Gasteiger partial charge in [0.05, 0.1) is 16.6 Å². The van der Waals surface area contributed by atoms with E-state index in [-0.39, 0.29) is 5.69 Å². The number of nitro benzene ring substituents is 1. The van der Waals surface area contributed by atoms with Gasteiger partial charge in [-0.25, -0.2) is 0 Å². The molecule has 0 spiro atoms. The molecule has 5 heteroatoms. The molecule has 0 amide bonds. The zero-order valence-electron chi connectivity index (χ0n) is 9.51. The Morgan fingerprint density at radius 2 is 2.29 bits per heavy atom. The summed E-state index contributed by atoms with van der Waals surface area (Å²) < 4.78 is 0. The molecule has 0 heterocycles. The van der Waals surface area contributed by atoms with Crippen LogP contribution >= 0.6 is 0 Å². The number of hydrogen-bond donors (Lipinski definition) is 1. The molecule has 1 aromatic rings. The Morgan fingerprint density at radius 3 is 2.88 bits per heavy atom. The Hall–Kier alpha value is -2.19. The Labute approximate surface area is 99.5 Å². The van der Waals surface area contributed by atoms with Crippen molar-refractivity contribution in [2.75, 3.05) is 13.6 Å². The van der Waals surface area contributed by atoms with Crippen molar-refractivity contribution in [2.24, 2.45) is 0 Å². The number of nitrogens with zero attached hydrogens (tertiary/aromatic N) is 2. The molecule has 1 rings (SSSR count). The van der Waals surface area contributed by atoms with E-state index in [9.17, 15) is 10.1 Å². The summed E-state index contributed by atoms with van der Waals surface area (Å²) >= 11 is 0. The largest absolute Gasteiger partial charge is 0.319 e. The van der Waals surface area contributed by atoms with Crippen molar-refractivity contribution in [1.29, 1.82) is 5.26 Å². The standard InChI is InChI=1S/C12H13N3O2/c1-14-5-3-2-4-10-6-11(9-13)8-12(7-10)15(16)17/h2,4,6-8,14H,3,5H2,1H3. The van der Waals surface area contributed by atoms with Crippen LogP contribution < -0.4 is 5.32 Å². The Bertz CT molecular complexity index is 475. The van der Waals surface area contributed by atoms with E-state index in [0.717, 1.165) is 13.0 Å². The summed E-state index contributed by atoms with van der Waals surface area (Å²) in [5, 5.41) is 22.4. The summed E-state index contributed by atoms with van der Waals surface area (Å²) in [4.78, 5) is 10.2.